The molecule has 5 nitrogen and oxygen atoms in total. The van der Waals surface area contributed by atoms with Gasteiger partial charge in [-0.15, -0.1) is 0 Å². The summed E-state index contributed by atoms with van der Waals surface area (Å²) in [5, 5.41) is 28.2. The maximum absolute atomic E-state index is 12.2. The molecule has 0 unspecified atom stereocenters. The van der Waals surface area contributed by atoms with Gasteiger partial charge in [-0.2, -0.15) is 0 Å². The van der Waals surface area contributed by atoms with Gasteiger partial charge in [0.15, 0.2) is 5.43 Å². The quantitative estimate of drug-likeness (QED) is 0.685. The van der Waals surface area contributed by atoms with Gasteiger partial charge in [0.1, 0.15) is 11.8 Å². The zero-order valence-corrected chi connectivity index (χ0v) is 12.3. The fourth-order valence-corrected chi connectivity index (χ4v) is 2.56. The summed E-state index contributed by atoms with van der Waals surface area (Å²) < 4.78 is 5.44. The van der Waals surface area contributed by atoms with Crippen molar-refractivity contribution in [1.29, 1.82) is 0 Å². The van der Waals surface area contributed by atoms with Crippen molar-refractivity contribution in [1.82, 2.24) is 0 Å². The Morgan fingerprint density at radius 1 is 0.870 bits per heavy atom. The highest BCUT2D eigenvalue weighted by molar-refractivity contribution is 5.85. The summed E-state index contributed by atoms with van der Waals surface area (Å²) in [5.74, 6) is 0. The van der Waals surface area contributed by atoms with E-state index >= 15 is 0 Å². The summed E-state index contributed by atoms with van der Waals surface area (Å²) >= 11 is 0. The van der Waals surface area contributed by atoms with Gasteiger partial charge in [0.2, 0.25) is 0 Å². The van der Waals surface area contributed by atoms with Crippen molar-refractivity contribution in [2.45, 2.75) is 19.8 Å². The van der Waals surface area contributed by atoms with Gasteiger partial charge in [-0.25, -0.2) is 0 Å². The van der Waals surface area contributed by atoms with Crippen LogP contribution in [0.4, 0.5) is 0 Å². The number of benzene rings is 2. The minimum atomic E-state index is -0.392. The third-order valence-electron chi connectivity index (χ3n) is 3.86. The number of fused-ring (bicyclic) bond motifs is 1. The second-order valence-electron chi connectivity index (χ2n) is 5.27. The van der Waals surface area contributed by atoms with Crippen LogP contribution in [-0.4, -0.2) is 15.3 Å². The minimum absolute atomic E-state index is 0.0380. The van der Waals surface area contributed by atoms with E-state index in [9.17, 15) is 9.90 Å². The zero-order chi connectivity index (χ0) is 16.4. The lowest BCUT2D eigenvalue weighted by Crippen LogP contribution is -2.09. The van der Waals surface area contributed by atoms with Crippen LogP contribution in [0.1, 0.15) is 16.7 Å². The van der Waals surface area contributed by atoms with Crippen LogP contribution in [0.3, 0.4) is 0 Å². The van der Waals surface area contributed by atoms with Gasteiger partial charge in [0.25, 0.3) is 0 Å². The van der Waals surface area contributed by atoms with Crippen LogP contribution < -0.4 is 5.43 Å². The predicted octanol–water partition coefficient (Wildman–Crippen LogP) is 1.94. The maximum atomic E-state index is 12.2. The molecule has 0 aliphatic carbocycles. The van der Waals surface area contributed by atoms with Crippen molar-refractivity contribution in [3.63, 3.8) is 0 Å². The van der Waals surface area contributed by atoms with Crippen LogP contribution in [0.25, 0.3) is 22.1 Å². The van der Waals surface area contributed by atoms with Crippen molar-refractivity contribution in [3.8, 4) is 11.1 Å². The number of rotatable bonds is 4. The molecule has 0 amide bonds. The van der Waals surface area contributed by atoms with Crippen LogP contribution in [0.5, 0.6) is 0 Å². The van der Waals surface area contributed by atoms with Crippen molar-refractivity contribution in [2.75, 3.05) is 0 Å². The smallest absolute Gasteiger partial charge is 0.198 e. The molecule has 0 saturated carbocycles. The van der Waals surface area contributed by atoms with Crippen molar-refractivity contribution in [3.05, 3.63) is 69.6 Å². The van der Waals surface area contributed by atoms with Gasteiger partial charge in [-0.3, -0.25) is 4.79 Å². The monoisotopic (exact) mass is 312 g/mol. The highest BCUT2D eigenvalue weighted by Crippen LogP contribution is 2.28. The fourth-order valence-electron chi connectivity index (χ4n) is 2.56. The lowest BCUT2D eigenvalue weighted by atomic mass is 9.97. The van der Waals surface area contributed by atoms with Crippen LogP contribution >= 0.6 is 0 Å². The Kier molecular flexibility index (Phi) is 4.25. The molecular weight excluding hydrogens is 296 g/mol. The highest BCUT2D eigenvalue weighted by Gasteiger charge is 2.12. The minimum Gasteiger partial charge on any atom is -0.464 e. The largest absolute Gasteiger partial charge is 0.464 e. The highest BCUT2D eigenvalue weighted by atomic mass is 16.3. The summed E-state index contributed by atoms with van der Waals surface area (Å²) in [6, 6.07) is 10.6. The van der Waals surface area contributed by atoms with Crippen LogP contribution in [0.15, 0.2) is 51.9 Å². The van der Waals surface area contributed by atoms with Crippen LogP contribution in [0.2, 0.25) is 0 Å². The third-order valence-corrected chi connectivity index (χ3v) is 3.86. The summed E-state index contributed by atoms with van der Waals surface area (Å²) in [6.45, 7) is -0.656. The molecule has 3 N–H and O–H groups in total. The molecule has 1 aromatic heterocycles. The lowest BCUT2D eigenvalue weighted by Gasteiger charge is -2.10. The number of hydrogen-bond acceptors (Lipinski definition) is 5. The first kappa shape index (κ1) is 15.4. The molecule has 0 aliphatic rings. The SMILES string of the molecule is O=c1c(CO)coc2cc(-c3ccc(CO)cc3)c(CO)cc12. The van der Waals surface area contributed by atoms with E-state index in [0.717, 1.165) is 16.7 Å². The molecule has 118 valence electrons. The maximum Gasteiger partial charge on any atom is 0.198 e. The van der Waals surface area contributed by atoms with Crippen LogP contribution in [0, 0.1) is 0 Å². The molecule has 2 aromatic carbocycles. The molecule has 23 heavy (non-hydrogen) atoms. The Hall–Kier alpha value is -2.47. The van der Waals surface area contributed by atoms with Gasteiger partial charge < -0.3 is 19.7 Å². The van der Waals surface area contributed by atoms with E-state index in [1.807, 2.05) is 12.1 Å². The summed E-state index contributed by atoms with van der Waals surface area (Å²) in [7, 11) is 0. The van der Waals surface area contributed by atoms with Crippen molar-refractivity contribution >= 4 is 11.0 Å². The van der Waals surface area contributed by atoms with E-state index in [1.165, 1.54) is 6.26 Å². The number of aliphatic hydroxyl groups excluding tert-OH is 3. The Bertz CT molecular complexity index is 894. The molecule has 5 heteroatoms. The zero-order valence-electron chi connectivity index (χ0n) is 12.3. The van der Waals surface area contributed by atoms with Crippen molar-refractivity contribution < 1.29 is 19.7 Å². The van der Waals surface area contributed by atoms with E-state index in [2.05, 4.69) is 0 Å². The topological polar surface area (TPSA) is 90.9 Å². The molecule has 0 atom stereocenters. The Balaban J connectivity index is 2.22. The molecule has 0 bridgehead atoms. The van der Waals surface area contributed by atoms with E-state index in [1.54, 1.807) is 24.3 Å². The standard InChI is InChI=1S/C18H16O5/c19-7-11-1-3-12(4-2-11)15-6-17-16(5-13(15)8-20)18(22)14(9-21)10-23-17/h1-6,10,19-21H,7-9H2. The van der Waals surface area contributed by atoms with E-state index in [0.29, 0.717) is 16.5 Å². The molecule has 0 spiro atoms. The molecule has 1 heterocycles. The molecule has 0 radical (unpaired) electrons. The average molecular weight is 312 g/mol. The molecule has 0 saturated heterocycles. The average Bonchev–Trinajstić information content (AvgIpc) is 2.61. The number of aliphatic hydroxyl groups is 3. The lowest BCUT2D eigenvalue weighted by molar-refractivity contribution is 0.277. The molecular formula is C18H16O5. The van der Waals surface area contributed by atoms with Gasteiger partial charge >= 0.3 is 0 Å². The van der Waals surface area contributed by atoms with Crippen LogP contribution in [-0.2, 0) is 19.8 Å². The molecule has 0 aliphatic heterocycles. The Morgan fingerprint density at radius 3 is 2.17 bits per heavy atom. The van der Waals surface area contributed by atoms with Crippen molar-refractivity contribution in [2.24, 2.45) is 0 Å². The van der Waals surface area contributed by atoms with Gasteiger partial charge in [-0.1, -0.05) is 24.3 Å². The molecule has 3 aromatic rings. The predicted molar refractivity (Wildman–Crippen MR) is 85.7 cm³/mol. The normalized spacial score (nSPS) is 11.1. The third kappa shape index (κ3) is 2.77. The summed E-state index contributed by atoms with van der Waals surface area (Å²) in [6.07, 6.45) is 1.25. The second-order valence-corrected chi connectivity index (χ2v) is 5.27. The van der Waals surface area contributed by atoms with Gasteiger partial charge in [-0.05, 0) is 34.4 Å². The Morgan fingerprint density at radius 2 is 1.57 bits per heavy atom. The summed E-state index contributed by atoms with van der Waals surface area (Å²) in [5.41, 5.74) is 3.26. The van der Waals surface area contributed by atoms with Gasteiger partial charge in [0.05, 0.1) is 30.8 Å². The molecule has 3 rings (SSSR count). The molecule has 0 fully saturated rings. The first-order valence-corrected chi connectivity index (χ1v) is 7.17. The first-order valence-electron chi connectivity index (χ1n) is 7.17. The Labute approximate surface area is 132 Å². The van der Waals surface area contributed by atoms with E-state index in [-0.39, 0.29) is 24.2 Å². The first-order chi connectivity index (χ1) is 11.2. The fraction of sp³-hybridized carbons (Fsp3) is 0.167. The summed E-state index contributed by atoms with van der Waals surface area (Å²) in [4.78, 5) is 12.2. The second kappa shape index (κ2) is 6.34. The van der Waals surface area contributed by atoms with Gasteiger partial charge in [0, 0.05) is 0 Å². The van der Waals surface area contributed by atoms with E-state index in [4.69, 9.17) is 14.6 Å². The number of hydrogen-bond donors (Lipinski definition) is 3. The van der Waals surface area contributed by atoms with E-state index < -0.39 is 6.61 Å².